The van der Waals surface area contributed by atoms with Gasteiger partial charge >= 0.3 is 0 Å². The van der Waals surface area contributed by atoms with Gasteiger partial charge in [0.2, 0.25) is 15.9 Å². The summed E-state index contributed by atoms with van der Waals surface area (Å²) in [6.07, 6.45) is 0. The summed E-state index contributed by atoms with van der Waals surface area (Å²) < 4.78 is 52.9. The molecule has 1 aromatic carbocycles. The third-order valence-corrected chi connectivity index (χ3v) is 4.75. The average Bonchev–Trinajstić information content (AvgIpc) is 2.33. The maximum atomic E-state index is 13.8. The number of carbonyl (C=O) groups excluding carboxylic acids is 1. The second kappa shape index (κ2) is 6.35. The monoisotopic (exact) mass is 321 g/mol. The number of sulfonamides is 1. The first-order valence-corrected chi connectivity index (χ1v) is 7.50. The van der Waals surface area contributed by atoms with Gasteiger partial charge in [-0.15, -0.1) is 0 Å². The van der Waals surface area contributed by atoms with Crippen molar-refractivity contribution in [1.29, 1.82) is 0 Å². The van der Waals surface area contributed by atoms with Crippen molar-refractivity contribution in [2.45, 2.75) is 11.8 Å². The number of nitrogens with zero attached hydrogens (tertiary/aromatic N) is 2. The van der Waals surface area contributed by atoms with Crippen molar-refractivity contribution in [3.63, 3.8) is 0 Å². The first-order valence-electron chi connectivity index (χ1n) is 6.06. The van der Waals surface area contributed by atoms with E-state index < -0.39 is 39.0 Å². The standard InChI is InChI=1S/C12H17F2N3O3S/c1-4-17(7-11(18)16(2)3)21(19,20)12-9(13)5-8(15)6-10(12)14/h5-6H,4,7,15H2,1-3H3. The van der Waals surface area contributed by atoms with Crippen LogP contribution in [0, 0.1) is 11.6 Å². The minimum atomic E-state index is -4.48. The number of amides is 1. The predicted octanol–water partition coefficient (Wildman–Crippen LogP) is 0.646. The molecule has 0 radical (unpaired) electrons. The summed E-state index contributed by atoms with van der Waals surface area (Å²) in [4.78, 5) is 11.7. The molecule has 0 saturated carbocycles. The molecule has 0 aliphatic heterocycles. The molecule has 0 fully saturated rings. The van der Waals surface area contributed by atoms with Crippen molar-refractivity contribution >= 4 is 21.6 Å². The summed E-state index contributed by atoms with van der Waals surface area (Å²) >= 11 is 0. The van der Waals surface area contributed by atoms with E-state index in [1.807, 2.05) is 0 Å². The number of carbonyl (C=O) groups is 1. The minimum absolute atomic E-state index is 0.106. The molecule has 0 unspecified atom stereocenters. The van der Waals surface area contributed by atoms with Crippen LogP contribution in [0.25, 0.3) is 0 Å². The molecular weight excluding hydrogens is 304 g/mol. The number of benzene rings is 1. The van der Waals surface area contributed by atoms with Gasteiger partial charge in [-0.2, -0.15) is 4.31 Å². The molecule has 0 aromatic heterocycles. The molecule has 0 heterocycles. The summed E-state index contributed by atoms with van der Waals surface area (Å²) in [6.45, 7) is 0.855. The number of hydrogen-bond acceptors (Lipinski definition) is 4. The number of likely N-dealkylation sites (N-methyl/N-ethyl adjacent to an activating group) is 2. The van der Waals surface area contributed by atoms with E-state index in [1.165, 1.54) is 25.9 Å². The van der Waals surface area contributed by atoms with Crippen LogP contribution in [0.4, 0.5) is 14.5 Å². The fraction of sp³-hybridized carbons (Fsp3) is 0.417. The number of anilines is 1. The van der Waals surface area contributed by atoms with Crippen LogP contribution in [-0.4, -0.2) is 50.7 Å². The molecule has 21 heavy (non-hydrogen) atoms. The van der Waals surface area contributed by atoms with Crippen LogP contribution in [0.1, 0.15) is 6.92 Å². The molecule has 9 heteroatoms. The Balaban J connectivity index is 3.29. The lowest BCUT2D eigenvalue weighted by atomic mass is 10.3. The fourth-order valence-corrected chi connectivity index (χ4v) is 3.10. The van der Waals surface area contributed by atoms with E-state index in [9.17, 15) is 22.0 Å². The Morgan fingerprint density at radius 3 is 2.10 bits per heavy atom. The summed E-state index contributed by atoms with van der Waals surface area (Å²) in [6, 6.07) is 1.44. The summed E-state index contributed by atoms with van der Waals surface area (Å²) in [5, 5.41) is 0. The highest BCUT2D eigenvalue weighted by Gasteiger charge is 2.31. The molecule has 0 aliphatic rings. The highest BCUT2D eigenvalue weighted by molar-refractivity contribution is 7.89. The Bertz CT molecular complexity index is 624. The van der Waals surface area contributed by atoms with E-state index >= 15 is 0 Å². The van der Waals surface area contributed by atoms with Crippen LogP contribution in [0.5, 0.6) is 0 Å². The van der Waals surface area contributed by atoms with Crippen LogP contribution in [0.2, 0.25) is 0 Å². The topological polar surface area (TPSA) is 83.7 Å². The van der Waals surface area contributed by atoms with E-state index in [0.717, 1.165) is 12.1 Å². The van der Waals surface area contributed by atoms with Gasteiger partial charge in [-0.1, -0.05) is 6.92 Å². The van der Waals surface area contributed by atoms with Crippen LogP contribution in [0.3, 0.4) is 0 Å². The zero-order valence-corrected chi connectivity index (χ0v) is 12.7. The number of hydrogen-bond donors (Lipinski definition) is 1. The molecule has 0 atom stereocenters. The molecule has 1 amide bonds. The Kier molecular flexibility index (Phi) is 5.24. The van der Waals surface area contributed by atoms with Crippen LogP contribution >= 0.6 is 0 Å². The van der Waals surface area contributed by atoms with E-state index in [0.29, 0.717) is 4.31 Å². The Morgan fingerprint density at radius 2 is 1.71 bits per heavy atom. The molecular formula is C12H17F2N3O3S. The average molecular weight is 321 g/mol. The maximum absolute atomic E-state index is 13.8. The van der Waals surface area contributed by atoms with Gasteiger partial charge < -0.3 is 10.6 Å². The van der Waals surface area contributed by atoms with Gasteiger partial charge in [0.05, 0.1) is 6.54 Å². The first kappa shape index (κ1) is 17.3. The number of nitrogens with two attached hydrogens (primary N) is 1. The summed E-state index contributed by atoms with van der Waals surface area (Å²) in [5.41, 5.74) is 5.03. The van der Waals surface area contributed by atoms with Gasteiger partial charge in [0.1, 0.15) is 11.6 Å². The minimum Gasteiger partial charge on any atom is -0.399 e. The Hall–Kier alpha value is -1.74. The SMILES string of the molecule is CCN(CC(=O)N(C)C)S(=O)(=O)c1c(F)cc(N)cc1F. The Morgan fingerprint density at radius 1 is 1.24 bits per heavy atom. The third-order valence-electron chi connectivity index (χ3n) is 2.78. The largest absolute Gasteiger partial charge is 0.399 e. The zero-order chi connectivity index (χ0) is 16.4. The fourth-order valence-electron chi connectivity index (χ4n) is 1.61. The van der Waals surface area contributed by atoms with Gasteiger partial charge in [0.15, 0.2) is 4.90 Å². The molecule has 0 saturated heterocycles. The van der Waals surface area contributed by atoms with Crippen LogP contribution in [-0.2, 0) is 14.8 Å². The van der Waals surface area contributed by atoms with Crippen molar-refractivity contribution in [3.05, 3.63) is 23.8 Å². The highest BCUT2D eigenvalue weighted by Crippen LogP contribution is 2.24. The Labute approximate surface area is 122 Å². The quantitative estimate of drug-likeness (QED) is 0.807. The van der Waals surface area contributed by atoms with Crippen molar-refractivity contribution in [1.82, 2.24) is 9.21 Å². The lowest BCUT2D eigenvalue weighted by Gasteiger charge is -2.22. The highest BCUT2D eigenvalue weighted by atomic mass is 32.2. The molecule has 1 aromatic rings. The summed E-state index contributed by atoms with van der Waals surface area (Å²) in [7, 11) is -1.57. The van der Waals surface area contributed by atoms with Gasteiger partial charge in [0, 0.05) is 26.3 Å². The van der Waals surface area contributed by atoms with E-state index in [4.69, 9.17) is 5.73 Å². The smallest absolute Gasteiger partial charge is 0.249 e. The van der Waals surface area contributed by atoms with E-state index in [2.05, 4.69) is 0 Å². The zero-order valence-electron chi connectivity index (χ0n) is 11.9. The van der Waals surface area contributed by atoms with Gasteiger partial charge in [-0.05, 0) is 12.1 Å². The molecule has 0 aliphatic carbocycles. The molecule has 2 N–H and O–H groups in total. The predicted molar refractivity (Wildman–Crippen MR) is 73.9 cm³/mol. The lowest BCUT2D eigenvalue weighted by Crippen LogP contribution is -2.40. The van der Waals surface area contributed by atoms with Crippen molar-refractivity contribution in [3.8, 4) is 0 Å². The second-order valence-electron chi connectivity index (χ2n) is 4.53. The third kappa shape index (κ3) is 3.67. The lowest BCUT2D eigenvalue weighted by molar-refractivity contribution is -0.128. The van der Waals surface area contributed by atoms with Gasteiger partial charge in [0.25, 0.3) is 0 Å². The molecule has 6 nitrogen and oxygen atoms in total. The first-order chi connectivity index (χ1) is 9.61. The van der Waals surface area contributed by atoms with E-state index in [1.54, 1.807) is 0 Å². The van der Waals surface area contributed by atoms with Gasteiger partial charge in [-0.25, -0.2) is 17.2 Å². The molecule has 0 spiro atoms. The van der Waals surface area contributed by atoms with E-state index in [-0.39, 0.29) is 12.2 Å². The number of nitrogen functional groups attached to an aromatic ring is 1. The molecule has 118 valence electrons. The van der Waals surface area contributed by atoms with Crippen molar-refractivity contribution in [2.75, 3.05) is 32.9 Å². The number of rotatable bonds is 5. The van der Waals surface area contributed by atoms with Crippen LogP contribution in [0.15, 0.2) is 17.0 Å². The maximum Gasteiger partial charge on any atom is 0.249 e. The van der Waals surface area contributed by atoms with Crippen LogP contribution < -0.4 is 5.73 Å². The second-order valence-corrected chi connectivity index (χ2v) is 6.41. The molecule has 1 rings (SSSR count). The molecule has 0 bridgehead atoms. The van der Waals surface area contributed by atoms with Gasteiger partial charge in [-0.3, -0.25) is 4.79 Å². The van der Waals surface area contributed by atoms with Crippen molar-refractivity contribution < 1.29 is 22.0 Å². The number of halogens is 2. The van der Waals surface area contributed by atoms with Crippen molar-refractivity contribution in [2.24, 2.45) is 0 Å². The summed E-state index contributed by atoms with van der Waals surface area (Å²) in [5.74, 6) is -3.08. The normalized spacial score (nSPS) is 11.7.